The van der Waals surface area contributed by atoms with Crippen LogP contribution in [0.5, 0.6) is 0 Å². The molecule has 5 heterocycles. The summed E-state index contributed by atoms with van der Waals surface area (Å²) in [4.78, 5) is 86.5. The van der Waals surface area contributed by atoms with Crippen molar-refractivity contribution in [2.45, 2.75) is 91.8 Å². The van der Waals surface area contributed by atoms with E-state index in [0.29, 0.717) is 64.6 Å². The molecule has 2 N–H and O–H groups in total. The summed E-state index contributed by atoms with van der Waals surface area (Å²) in [7, 11) is -2.49. The van der Waals surface area contributed by atoms with Crippen molar-refractivity contribution < 1.29 is 41.4 Å². The highest BCUT2D eigenvalue weighted by molar-refractivity contribution is 7.90. The van der Waals surface area contributed by atoms with Crippen LogP contribution >= 0.6 is 34.5 Å². The summed E-state index contributed by atoms with van der Waals surface area (Å²) in [5.41, 5.74) is 0.775. The maximum atomic E-state index is 13.9. The quantitative estimate of drug-likeness (QED) is 0.0895. The molecule has 3 aromatic carbocycles. The molecule has 8 rings (SSSR count). The number of sulfonamides is 1. The Morgan fingerprint density at radius 3 is 2.25 bits per heavy atom. The van der Waals surface area contributed by atoms with E-state index in [1.165, 1.54) is 67.9 Å². The summed E-state index contributed by atoms with van der Waals surface area (Å²) < 4.78 is 62.2. The predicted octanol–water partition coefficient (Wildman–Crippen LogP) is 7.43. The number of rotatable bonds is 12. The van der Waals surface area contributed by atoms with E-state index in [1.807, 2.05) is 9.40 Å². The lowest BCUT2D eigenvalue weighted by Crippen LogP contribution is -2.39. The first-order valence-electron chi connectivity index (χ1n) is 23.1. The number of amides is 2. The molecule has 0 radical (unpaired) electrons. The maximum Gasteiger partial charge on any atom is 0.350 e. The fourth-order valence-corrected chi connectivity index (χ4v) is 9.80. The van der Waals surface area contributed by atoms with Crippen LogP contribution < -0.4 is 31.0 Å². The van der Waals surface area contributed by atoms with E-state index in [-0.39, 0.29) is 51.7 Å². The number of urea groups is 1. The lowest BCUT2D eigenvalue weighted by Gasteiger charge is -2.26. The molecular weight excluding hydrogens is 1070 g/mol. The number of carbonyl (C=O) groups excluding carboxylic acids is 3. The number of halogens is 3. The van der Waals surface area contributed by atoms with Crippen molar-refractivity contribution in [3.63, 3.8) is 0 Å². The Hall–Kier alpha value is -7.05. The average Bonchev–Trinajstić information content (AvgIpc) is 3.64. The molecule has 0 unspecified atom stereocenters. The lowest BCUT2D eigenvalue weighted by atomic mass is 9.98. The lowest BCUT2D eigenvalue weighted by molar-refractivity contribution is -0.161. The van der Waals surface area contributed by atoms with Gasteiger partial charge in [0.15, 0.2) is 0 Å². The van der Waals surface area contributed by atoms with Crippen LogP contribution in [0, 0.1) is 39.4 Å². The predicted molar refractivity (Wildman–Crippen MR) is 287 cm³/mol. The van der Waals surface area contributed by atoms with Crippen molar-refractivity contribution in [3.05, 3.63) is 164 Å². The van der Waals surface area contributed by atoms with Gasteiger partial charge in [-0.25, -0.2) is 60.9 Å². The van der Waals surface area contributed by atoms with Gasteiger partial charge < -0.3 is 18.8 Å². The first kappa shape index (κ1) is 59.8. The summed E-state index contributed by atoms with van der Waals surface area (Å²) in [5.74, 6) is -1.80. The topological polar surface area (TPSA) is 246 Å². The number of benzene rings is 3. The number of ether oxygens (including phenoxy) is 3. The zero-order valence-corrected chi connectivity index (χ0v) is 45.1. The molecule has 6 aromatic rings. The largest absolute Gasteiger partial charge is 0.459 e. The van der Waals surface area contributed by atoms with Gasteiger partial charge in [0.1, 0.15) is 18.1 Å². The number of aromatic nitrogens is 6. The standard InChI is InChI=1S/C20H21ClN2O6.C17H20N4O4S.C13H13ClFN3OS.CH4/c1-6-9-28-18(26)20(3,4)29-17(25)14-11-13(7-8-15(14)21)23-16(24)10-12(2)22(5)19(23)27;1-11-7-12(2)19-16(18-11)20-17(22)21-26(23,24)15-6-4-3-5-14(15)8-13-9-25-10-13;1-8-6-11(10(15)7-9(8)14)16-12-17-4-2-3-5-18(17)13(19)20-12;/h6-8,10-11H,1,9H2,2-5H3;3-7,13H,8-10H2,1-2H3,(H2,18,19,20,21,22);6-7H,2-5H2,1H3;1H4. The summed E-state index contributed by atoms with van der Waals surface area (Å²) in [5, 5.41) is 2.77. The van der Waals surface area contributed by atoms with E-state index >= 15 is 0 Å². The minimum Gasteiger partial charge on any atom is -0.459 e. The van der Waals surface area contributed by atoms with E-state index in [1.54, 1.807) is 62.7 Å². The van der Waals surface area contributed by atoms with Crippen LogP contribution in [-0.4, -0.2) is 80.3 Å². The van der Waals surface area contributed by atoms with E-state index in [9.17, 15) is 41.6 Å². The van der Waals surface area contributed by atoms with E-state index in [2.05, 4.69) is 26.9 Å². The molecule has 2 aliphatic rings. The van der Waals surface area contributed by atoms with Gasteiger partial charge >= 0.3 is 28.5 Å². The van der Waals surface area contributed by atoms with Crippen LogP contribution in [0.2, 0.25) is 10.0 Å². The SMILES string of the molecule is C.C=CCOC(=O)C(C)(C)OC(=O)c1cc(-n2c(=O)cc(C)n(C)c2=O)ccc1Cl.Cc1cc(C)nc(NC(=O)NS(=O)(=O)c2ccccc2CC2COC2)n1.Cc1cc(N=c2sc(=O)n3n2CCCC3)c(F)cc1Cl. The van der Waals surface area contributed by atoms with Crippen LogP contribution in [0.1, 0.15) is 72.7 Å². The highest BCUT2D eigenvalue weighted by atomic mass is 35.5. The van der Waals surface area contributed by atoms with Gasteiger partial charge in [-0.1, -0.05) is 61.5 Å². The third-order valence-corrected chi connectivity index (χ3v) is 14.4. The van der Waals surface area contributed by atoms with Crippen molar-refractivity contribution in [3.8, 4) is 5.69 Å². The van der Waals surface area contributed by atoms with Crippen LogP contribution in [0.25, 0.3) is 5.69 Å². The van der Waals surface area contributed by atoms with Crippen molar-refractivity contribution in [2.75, 3.05) is 25.1 Å². The number of esters is 2. The molecule has 2 aliphatic heterocycles. The number of aryl methyl sites for hydroxylation is 4. The second-order valence-corrected chi connectivity index (χ2v) is 21.2. The fourth-order valence-electron chi connectivity index (χ4n) is 7.40. The fraction of sp³-hybridized carbons (Fsp3) is 0.353. The third kappa shape index (κ3) is 14.9. The Balaban J connectivity index is 0.000000212. The summed E-state index contributed by atoms with van der Waals surface area (Å²) in [6.07, 6.45) is 3.96. The molecule has 3 aromatic heterocycles. The molecule has 0 atom stereocenters. The Kier molecular flexibility index (Phi) is 20.2. The Labute approximate surface area is 451 Å². The Morgan fingerprint density at radius 1 is 0.947 bits per heavy atom. The first-order valence-corrected chi connectivity index (χ1v) is 26.2. The van der Waals surface area contributed by atoms with Gasteiger partial charge in [-0.05, 0) is 126 Å². The molecular formula is C51H58Cl2FN9O11S2. The molecule has 0 aliphatic carbocycles. The van der Waals surface area contributed by atoms with E-state index in [4.69, 9.17) is 37.4 Å². The van der Waals surface area contributed by atoms with Gasteiger partial charge in [0.2, 0.25) is 16.4 Å². The molecule has 76 heavy (non-hydrogen) atoms. The zero-order chi connectivity index (χ0) is 54.9. The number of nitrogens with one attached hydrogen (secondary N) is 2. The second kappa shape index (κ2) is 25.7. The molecule has 0 bridgehead atoms. The molecule has 1 fully saturated rings. The highest BCUT2D eigenvalue weighted by Crippen LogP contribution is 2.27. The molecule has 20 nitrogen and oxygen atoms in total. The number of nitrogens with zero attached hydrogens (tertiary/aromatic N) is 7. The molecule has 1 saturated heterocycles. The summed E-state index contributed by atoms with van der Waals surface area (Å²) in [6.45, 7) is 15.8. The second-order valence-electron chi connectivity index (χ2n) is 17.8. The normalized spacial score (nSPS) is 13.3. The van der Waals surface area contributed by atoms with Crippen LogP contribution in [0.15, 0.2) is 104 Å². The van der Waals surface area contributed by atoms with Crippen molar-refractivity contribution in [1.29, 1.82) is 0 Å². The number of hydrogen-bond acceptors (Lipinski definition) is 15. The Bertz CT molecular complexity index is 3530. The molecule has 406 valence electrons. The highest BCUT2D eigenvalue weighted by Gasteiger charge is 2.35. The number of fused-ring (bicyclic) bond motifs is 1. The molecule has 0 spiro atoms. The van der Waals surface area contributed by atoms with Crippen molar-refractivity contribution in [1.82, 2.24) is 33.2 Å². The van der Waals surface area contributed by atoms with Crippen molar-refractivity contribution >= 4 is 74.2 Å². The first-order chi connectivity index (χ1) is 35.4. The maximum absolute atomic E-state index is 13.9. The van der Waals surface area contributed by atoms with Gasteiger partial charge in [0.05, 0.1) is 34.4 Å². The van der Waals surface area contributed by atoms with Crippen LogP contribution in [0.3, 0.4) is 0 Å². The minimum atomic E-state index is -4.02. The van der Waals surface area contributed by atoms with Gasteiger partial charge in [-0.2, -0.15) is 0 Å². The van der Waals surface area contributed by atoms with Crippen molar-refractivity contribution in [2.24, 2.45) is 18.0 Å². The third-order valence-electron chi connectivity index (χ3n) is 11.4. The average molecular weight is 1130 g/mol. The monoisotopic (exact) mass is 1130 g/mol. The molecule has 25 heteroatoms. The van der Waals surface area contributed by atoms with Crippen LogP contribution in [-0.2, 0) is 55.6 Å². The summed E-state index contributed by atoms with van der Waals surface area (Å²) >= 11 is 13.0. The smallest absolute Gasteiger partial charge is 0.350 e. The molecule has 2 amide bonds. The summed E-state index contributed by atoms with van der Waals surface area (Å²) in [6, 6.07) is 15.7. The molecule has 0 saturated carbocycles. The Morgan fingerprint density at radius 2 is 1.61 bits per heavy atom. The van der Waals surface area contributed by atoms with Gasteiger partial charge in [-0.3, -0.25) is 19.6 Å². The van der Waals surface area contributed by atoms with E-state index < -0.39 is 50.7 Å². The minimum absolute atomic E-state index is 0. The van der Waals surface area contributed by atoms with Gasteiger partial charge in [0.25, 0.3) is 15.6 Å². The van der Waals surface area contributed by atoms with E-state index in [0.717, 1.165) is 40.9 Å². The van der Waals surface area contributed by atoms with Crippen LogP contribution in [0.4, 0.5) is 20.8 Å². The van der Waals surface area contributed by atoms with Gasteiger partial charge in [-0.15, -0.1) is 0 Å². The number of anilines is 1. The zero-order valence-electron chi connectivity index (χ0n) is 41.9. The van der Waals surface area contributed by atoms with Gasteiger partial charge in [0, 0.05) is 54.2 Å². The number of carbonyl (C=O) groups is 3. The number of hydrogen-bond donors (Lipinski definition) is 2.